The Balaban J connectivity index is 1.73. The molecule has 2 aromatic carbocycles. The van der Waals surface area contributed by atoms with E-state index in [1.54, 1.807) is 11.3 Å². The summed E-state index contributed by atoms with van der Waals surface area (Å²) in [6.45, 7) is 0. The summed E-state index contributed by atoms with van der Waals surface area (Å²) in [7, 11) is 0. The van der Waals surface area contributed by atoms with Crippen molar-refractivity contribution in [3.8, 4) is 0 Å². The number of rotatable bonds is 1. The number of aromatic nitrogens is 1. The zero-order valence-corrected chi connectivity index (χ0v) is 11.6. The van der Waals surface area contributed by atoms with Crippen LogP contribution in [0.1, 0.15) is 16.6 Å². The van der Waals surface area contributed by atoms with Gasteiger partial charge in [0, 0.05) is 17.1 Å². The van der Waals surface area contributed by atoms with Crippen LogP contribution in [-0.2, 0) is 6.42 Å². The number of anilines is 1. The number of para-hydroxylation sites is 1. The molecule has 0 fully saturated rings. The maximum atomic E-state index is 6.01. The summed E-state index contributed by atoms with van der Waals surface area (Å²) < 4.78 is 1.19. The van der Waals surface area contributed by atoms with Crippen molar-refractivity contribution in [1.29, 1.82) is 0 Å². The average Bonchev–Trinajstić information content (AvgIpc) is 3.00. The van der Waals surface area contributed by atoms with E-state index in [0.717, 1.165) is 22.0 Å². The molecule has 1 unspecified atom stereocenters. The van der Waals surface area contributed by atoms with E-state index in [1.165, 1.54) is 16.0 Å². The van der Waals surface area contributed by atoms with Crippen molar-refractivity contribution < 1.29 is 0 Å². The zero-order chi connectivity index (χ0) is 12.8. The van der Waals surface area contributed by atoms with Gasteiger partial charge in [-0.05, 0) is 29.8 Å². The van der Waals surface area contributed by atoms with Crippen LogP contribution in [0.15, 0.2) is 42.5 Å². The second kappa shape index (κ2) is 4.22. The first kappa shape index (κ1) is 11.3. The Morgan fingerprint density at radius 1 is 1.21 bits per heavy atom. The van der Waals surface area contributed by atoms with E-state index in [2.05, 4.69) is 29.6 Å². The van der Waals surface area contributed by atoms with Crippen LogP contribution in [0.5, 0.6) is 0 Å². The molecule has 94 valence electrons. The van der Waals surface area contributed by atoms with Gasteiger partial charge in [-0.2, -0.15) is 0 Å². The number of benzene rings is 2. The van der Waals surface area contributed by atoms with Crippen molar-refractivity contribution in [1.82, 2.24) is 4.98 Å². The van der Waals surface area contributed by atoms with Crippen LogP contribution in [-0.4, -0.2) is 4.98 Å². The minimum atomic E-state index is 0.286. The molecule has 1 N–H and O–H groups in total. The first-order valence-electron chi connectivity index (χ1n) is 6.20. The second-order valence-electron chi connectivity index (χ2n) is 4.72. The maximum absolute atomic E-state index is 6.01. The number of halogens is 1. The lowest BCUT2D eigenvalue weighted by atomic mass is 10.1. The van der Waals surface area contributed by atoms with Gasteiger partial charge in [0.25, 0.3) is 0 Å². The average molecular weight is 287 g/mol. The van der Waals surface area contributed by atoms with Gasteiger partial charge in [0.2, 0.25) is 0 Å². The van der Waals surface area contributed by atoms with E-state index in [0.29, 0.717) is 0 Å². The fraction of sp³-hybridized carbons (Fsp3) is 0.133. The Kier molecular flexibility index (Phi) is 2.50. The Hall–Kier alpha value is -1.58. The monoisotopic (exact) mass is 286 g/mol. The molecule has 1 aliphatic heterocycles. The van der Waals surface area contributed by atoms with E-state index in [9.17, 15) is 0 Å². The molecule has 2 heterocycles. The van der Waals surface area contributed by atoms with Gasteiger partial charge in [0.15, 0.2) is 0 Å². The summed E-state index contributed by atoms with van der Waals surface area (Å²) in [5.41, 5.74) is 3.58. The van der Waals surface area contributed by atoms with Crippen LogP contribution in [0.3, 0.4) is 0 Å². The van der Waals surface area contributed by atoms with Crippen molar-refractivity contribution in [2.24, 2.45) is 0 Å². The van der Waals surface area contributed by atoms with Gasteiger partial charge in [-0.25, -0.2) is 4.98 Å². The van der Waals surface area contributed by atoms with Gasteiger partial charge in [0.05, 0.1) is 16.3 Å². The fourth-order valence-corrected chi connectivity index (χ4v) is 3.68. The number of hydrogen-bond donors (Lipinski definition) is 1. The van der Waals surface area contributed by atoms with Gasteiger partial charge in [-0.15, -0.1) is 11.3 Å². The van der Waals surface area contributed by atoms with Crippen LogP contribution in [0.2, 0.25) is 5.02 Å². The lowest BCUT2D eigenvalue weighted by Gasteiger charge is -2.06. The summed E-state index contributed by atoms with van der Waals surface area (Å²) >= 11 is 7.75. The molecule has 1 aliphatic rings. The topological polar surface area (TPSA) is 24.9 Å². The lowest BCUT2D eigenvalue weighted by molar-refractivity contribution is 0.816. The normalized spacial score (nSPS) is 17.4. The quantitative estimate of drug-likeness (QED) is 0.704. The number of nitrogens with zero attached hydrogens (tertiary/aromatic N) is 1. The van der Waals surface area contributed by atoms with Crippen LogP contribution in [0, 0.1) is 0 Å². The molecule has 0 bridgehead atoms. The van der Waals surface area contributed by atoms with Gasteiger partial charge in [0.1, 0.15) is 5.01 Å². The number of hydrogen-bond acceptors (Lipinski definition) is 3. The molecule has 0 saturated carbocycles. The molecular formula is C15H11ClN2S. The highest BCUT2D eigenvalue weighted by Crippen LogP contribution is 2.37. The van der Waals surface area contributed by atoms with Crippen molar-refractivity contribution >= 4 is 38.8 Å². The predicted molar refractivity (Wildman–Crippen MR) is 81.1 cm³/mol. The summed E-state index contributed by atoms with van der Waals surface area (Å²) in [5.74, 6) is 0. The van der Waals surface area contributed by atoms with Gasteiger partial charge < -0.3 is 5.32 Å². The zero-order valence-electron chi connectivity index (χ0n) is 10.1. The molecule has 3 aromatic rings. The van der Waals surface area contributed by atoms with Crippen LogP contribution in [0.4, 0.5) is 5.69 Å². The number of thiazole rings is 1. The van der Waals surface area contributed by atoms with Crippen LogP contribution >= 0.6 is 22.9 Å². The van der Waals surface area contributed by atoms with Crippen molar-refractivity contribution in [3.05, 3.63) is 58.1 Å². The SMILES string of the molecule is Clc1ccc2sc(C3Cc4ccccc4N3)nc2c1. The summed E-state index contributed by atoms with van der Waals surface area (Å²) in [6.07, 6.45) is 1.00. The molecule has 1 aromatic heterocycles. The molecule has 0 saturated heterocycles. The van der Waals surface area contributed by atoms with E-state index in [4.69, 9.17) is 16.6 Å². The Bertz CT molecular complexity index is 741. The molecule has 4 rings (SSSR count). The van der Waals surface area contributed by atoms with Gasteiger partial charge in [-0.3, -0.25) is 0 Å². The summed E-state index contributed by atoms with van der Waals surface area (Å²) in [6, 6.07) is 14.6. The van der Waals surface area contributed by atoms with E-state index < -0.39 is 0 Å². The van der Waals surface area contributed by atoms with Crippen molar-refractivity contribution in [2.75, 3.05) is 5.32 Å². The third kappa shape index (κ3) is 1.90. The minimum absolute atomic E-state index is 0.286. The van der Waals surface area contributed by atoms with E-state index in [1.807, 2.05) is 18.2 Å². The molecule has 0 amide bonds. The Morgan fingerprint density at radius 3 is 3.00 bits per heavy atom. The largest absolute Gasteiger partial charge is 0.375 e. The summed E-state index contributed by atoms with van der Waals surface area (Å²) in [5, 5.41) is 5.42. The smallest absolute Gasteiger partial charge is 0.116 e. The molecule has 0 radical (unpaired) electrons. The molecule has 0 aliphatic carbocycles. The second-order valence-corrected chi connectivity index (χ2v) is 6.22. The Morgan fingerprint density at radius 2 is 2.11 bits per heavy atom. The lowest BCUT2D eigenvalue weighted by Crippen LogP contribution is -2.04. The number of nitrogens with one attached hydrogen (secondary N) is 1. The molecule has 0 spiro atoms. The third-order valence-corrected chi connectivity index (χ3v) is 4.82. The first-order valence-corrected chi connectivity index (χ1v) is 7.39. The predicted octanol–water partition coefficient (Wildman–Crippen LogP) is 4.66. The number of fused-ring (bicyclic) bond motifs is 2. The standard InChI is InChI=1S/C15H11ClN2S/c16-10-5-6-14-12(8-10)18-15(19-14)13-7-9-3-1-2-4-11(9)17-13/h1-6,8,13,17H,7H2. The molecule has 2 nitrogen and oxygen atoms in total. The van der Waals surface area contributed by atoms with Crippen LogP contribution in [0.25, 0.3) is 10.2 Å². The molecular weight excluding hydrogens is 276 g/mol. The van der Waals surface area contributed by atoms with E-state index in [-0.39, 0.29) is 6.04 Å². The fourth-order valence-electron chi connectivity index (χ4n) is 2.51. The van der Waals surface area contributed by atoms with Gasteiger partial charge >= 0.3 is 0 Å². The van der Waals surface area contributed by atoms with Gasteiger partial charge in [-0.1, -0.05) is 29.8 Å². The highest BCUT2D eigenvalue weighted by Gasteiger charge is 2.24. The summed E-state index contributed by atoms with van der Waals surface area (Å²) in [4.78, 5) is 4.71. The third-order valence-electron chi connectivity index (χ3n) is 3.44. The highest BCUT2D eigenvalue weighted by molar-refractivity contribution is 7.18. The maximum Gasteiger partial charge on any atom is 0.116 e. The molecule has 4 heteroatoms. The molecule has 19 heavy (non-hydrogen) atoms. The van der Waals surface area contributed by atoms with Crippen molar-refractivity contribution in [2.45, 2.75) is 12.5 Å². The van der Waals surface area contributed by atoms with Crippen LogP contribution < -0.4 is 5.32 Å². The van der Waals surface area contributed by atoms with E-state index >= 15 is 0 Å². The minimum Gasteiger partial charge on any atom is -0.375 e. The Labute approximate surface area is 120 Å². The molecule has 1 atom stereocenters. The first-order chi connectivity index (χ1) is 9.29. The van der Waals surface area contributed by atoms with Crippen molar-refractivity contribution in [3.63, 3.8) is 0 Å². The highest BCUT2D eigenvalue weighted by atomic mass is 35.5.